The third kappa shape index (κ3) is 7.23. The molecule has 0 rings (SSSR count). The fourth-order valence-corrected chi connectivity index (χ4v) is 0.973. The predicted octanol–water partition coefficient (Wildman–Crippen LogP) is 1.32. The van der Waals surface area contributed by atoms with E-state index < -0.39 is 18.1 Å². The van der Waals surface area contributed by atoms with Gasteiger partial charge in [0.05, 0.1) is 19.3 Å². The Kier molecular flexibility index (Phi) is 7.61. The van der Waals surface area contributed by atoms with Crippen LogP contribution in [0, 0.1) is 17.8 Å². The van der Waals surface area contributed by atoms with Gasteiger partial charge in [-0.2, -0.15) is 0 Å². The second kappa shape index (κ2) is 8.45. The van der Waals surface area contributed by atoms with E-state index >= 15 is 0 Å². The normalized spacial score (nSPS) is 11.1. The molecule has 0 aliphatic rings. The van der Waals surface area contributed by atoms with Crippen molar-refractivity contribution in [2.24, 2.45) is 5.92 Å². The molecule has 1 N–H and O–H groups in total. The number of alkyl carbamates (subject to hydrolysis) is 1. The van der Waals surface area contributed by atoms with E-state index in [0.29, 0.717) is 6.61 Å². The minimum Gasteiger partial charge on any atom is -0.456 e. The highest BCUT2D eigenvalue weighted by molar-refractivity contribution is 5.88. The van der Waals surface area contributed by atoms with E-state index in [0.717, 1.165) is 0 Å². The number of hydrogen-bond acceptors (Lipinski definition) is 4. The molecule has 0 saturated carbocycles. The number of ether oxygens (including phenoxy) is 2. The molecule has 0 bridgehead atoms. The lowest BCUT2D eigenvalue weighted by Crippen LogP contribution is -2.38. The quantitative estimate of drug-likeness (QED) is 0.458. The SMILES string of the molecule is CCOC(=O)C#C[C@@H](NC(=O)OCC)C(C)C. The first-order chi connectivity index (χ1) is 8.01. The van der Waals surface area contributed by atoms with Crippen LogP contribution in [0.4, 0.5) is 4.79 Å². The van der Waals surface area contributed by atoms with Crippen molar-refractivity contribution in [3.8, 4) is 11.8 Å². The maximum Gasteiger partial charge on any atom is 0.408 e. The maximum absolute atomic E-state index is 11.2. The van der Waals surface area contributed by atoms with Crippen molar-refractivity contribution < 1.29 is 19.1 Å². The van der Waals surface area contributed by atoms with Crippen LogP contribution in [0.3, 0.4) is 0 Å². The smallest absolute Gasteiger partial charge is 0.408 e. The molecule has 1 atom stereocenters. The summed E-state index contributed by atoms with van der Waals surface area (Å²) in [5, 5.41) is 2.57. The van der Waals surface area contributed by atoms with Crippen molar-refractivity contribution in [1.29, 1.82) is 0 Å². The zero-order chi connectivity index (χ0) is 13.3. The average molecular weight is 241 g/mol. The number of carbonyl (C=O) groups is 2. The van der Waals surface area contributed by atoms with Gasteiger partial charge in [-0.3, -0.25) is 0 Å². The highest BCUT2D eigenvalue weighted by Crippen LogP contribution is 2.00. The summed E-state index contributed by atoms with van der Waals surface area (Å²) < 4.78 is 9.41. The van der Waals surface area contributed by atoms with Crippen molar-refractivity contribution in [2.45, 2.75) is 33.7 Å². The van der Waals surface area contributed by atoms with Gasteiger partial charge >= 0.3 is 12.1 Å². The minimum absolute atomic E-state index is 0.0707. The molecule has 0 spiro atoms. The number of esters is 1. The number of nitrogens with one attached hydrogen (secondary N) is 1. The molecule has 5 heteroatoms. The van der Waals surface area contributed by atoms with Gasteiger partial charge in [-0.1, -0.05) is 19.8 Å². The second-order valence-corrected chi connectivity index (χ2v) is 3.58. The van der Waals surface area contributed by atoms with E-state index in [1.165, 1.54) is 0 Å². The Bertz CT molecular complexity index is 314. The van der Waals surface area contributed by atoms with E-state index in [-0.39, 0.29) is 12.5 Å². The lowest BCUT2D eigenvalue weighted by molar-refractivity contribution is -0.136. The lowest BCUT2D eigenvalue weighted by Gasteiger charge is -2.15. The van der Waals surface area contributed by atoms with Crippen LogP contribution in [0.1, 0.15) is 27.7 Å². The summed E-state index contributed by atoms with van der Waals surface area (Å²) in [7, 11) is 0. The van der Waals surface area contributed by atoms with Gasteiger partial charge in [-0.25, -0.2) is 9.59 Å². The van der Waals surface area contributed by atoms with Crippen molar-refractivity contribution in [3.05, 3.63) is 0 Å². The van der Waals surface area contributed by atoms with Crippen molar-refractivity contribution in [3.63, 3.8) is 0 Å². The first-order valence-corrected chi connectivity index (χ1v) is 5.62. The predicted molar refractivity (Wildman–Crippen MR) is 63.2 cm³/mol. The zero-order valence-electron chi connectivity index (χ0n) is 10.7. The molecule has 0 saturated heterocycles. The highest BCUT2D eigenvalue weighted by atomic mass is 16.5. The first-order valence-electron chi connectivity index (χ1n) is 5.62. The van der Waals surface area contributed by atoms with Crippen LogP contribution in [-0.2, 0) is 14.3 Å². The summed E-state index contributed by atoms with van der Waals surface area (Å²) in [5.41, 5.74) is 0. The van der Waals surface area contributed by atoms with Crippen LogP contribution in [0.15, 0.2) is 0 Å². The van der Waals surface area contributed by atoms with E-state index in [4.69, 9.17) is 4.74 Å². The number of carbonyl (C=O) groups excluding carboxylic acids is 2. The monoisotopic (exact) mass is 241 g/mol. The lowest BCUT2D eigenvalue weighted by atomic mass is 10.1. The molecule has 0 aliphatic carbocycles. The van der Waals surface area contributed by atoms with Gasteiger partial charge in [0.25, 0.3) is 0 Å². The van der Waals surface area contributed by atoms with Gasteiger partial charge < -0.3 is 14.8 Å². The molecule has 5 nitrogen and oxygen atoms in total. The fraction of sp³-hybridized carbons (Fsp3) is 0.667. The molecule has 17 heavy (non-hydrogen) atoms. The van der Waals surface area contributed by atoms with Gasteiger partial charge in [0, 0.05) is 5.92 Å². The van der Waals surface area contributed by atoms with Gasteiger partial charge in [0.1, 0.15) is 0 Å². The summed E-state index contributed by atoms with van der Waals surface area (Å²) in [6, 6.07) is -0.432. The molecule has 0 aromatic rings. The van der Waals surface area contributed by atoms with Gasteiger partial charge in [-0.15, -0.1) is 0 Å². The van der Waals surface area contributed by atoms with Gasteiger partial charge in [0.2, 0.25) is 0 Å². The summed E-state index contributed by atoms with van der Waals surface area (Å²) in [6.45, 7) is 7.77. The number of amides is 1. The summed E-state index contributed by atoms with van der Waals surface area (Å²) in [6.07, 6.45) is -0.538. The molecular weight excluding hydrogens is 222 g/mol. The largest absolute Gasteiger partial charge is 0.456 e. The second-order valence-electron chi connectivity index (χ2n) is 3.58. The third-order valence-corrected chi connectivity index (χ3v) is 1.82. The van der Waals surface area contributed by atoms with Crippen LogP contribution >= 0.6 is 0 Å². The summed E-state index contributed by atoms with van der Waals surface area (Å²) >= 11 is 0. The van der Waals surface area contributed by atoms with Gasteiger partial charge in [0.15, 0.2) is 0 Å². The Hall–Kier alpha value is -1.70. The van der Waals surface area contributed by atoms with Crippen LogP contribution < -0.4 is 5.32 Å². The Morgan fingerprint density at radius 2 is 1.76 bits per heavy atom. The molecular formula is C12H19NO4. The summed E-state index contributed by atoms with van der Waals surface area (Å²) in [5.74, 6) is 4.46. The van der Waals surface area contributed by atoms with Gasteiger partial charge in [-0.05, 0) is 19.8 Å². The summed E-state index contributed by atoms with van der Waals surface area (Å²) in [4.78, 5) is 22.3. The van der Waals surface area contributed by atoms with Crippen molar-refractivity contribution >= 4 is 12.1 Å². The van der Waals surface area contributed by atoms with Crippen LogP contribution in [-0.4, -0.2) is 31.3 Å². The highest BCUT2D eigenvalue weighted by Gasteiger charge is 2.14. The molecule has 0 aromatic heterocycles. The number of hydrogen-bond donors (Lipinski definition) is 1. The zero-order valence-corrected chi connectivity index (χ0v) is 10.7. The fourth-order valence-electron chi connectivity index (χ4n) is 0.973. The van der Waals surface area contributed by atoms with Crippen LogP contribution in [0.5, 0.6) is 0 Å². The first kappa shape index (κ1) is 15.3. The number of rotatable bonds is 4. The van der Waals surface area contributed by atoms with Crippen molar-refractivity contribution in [2.75, 3.05) is 13.2 Å². The molecule has 96 valence electrons. The van der Waals surface area contributed by atoms with Crippen molar-refractivity contribution in [1.82, 2.24) is 5.32 Å². The average Bonchev–Trinajstić information content (AvgIpc) is 2.24. The van der Waals surface area contributed by atoms with Crippen LogP contribution in [0.25, 0.3) is 0 Å². The maximum atomic E-state index is 11.2. The molecule has 0 fully saturated rings. The molecule has 0 aliphatic heterocycles. The Morgan fingerprint density at radius 1 is 1.18 bits per heavy atom. The Balaban J connectivity index is 4.43. The Morgan fingerprint density at radius 3 is 2.24 bits per heavy atom. The molecule has 0 unspecified atom stereocenters. The molecule has 0 heterocycles. The minimum atomic E-state index is -0.594. The van der Waals surface area contributed by atoms with E-state index in [1.807, 2.05) is 13.8 Å². The third-order valence-electron chi connectivity index (χ3n) is 1.82. The molecule has 0 radical (unpaired) electrons. The van der Waals surface area contributed by atoms with E-state index in [9.17, 15) is 9.59 Å². The standard InChI is InChI=1S/C12H19NO4/c1-5-16-11(14)8-7-10(9(3)4)13-12(15)17-6-2/h9-10H,5-6H2,1-4H3,(H,13,15)/t10-/m1/s1. The van der Waals surface area contributed by atoms with E-state index in [2.05, 4.69) is 21.9 Å². The molecule has 1 amide bonds. The Labute approximate surface area is 102 Å². The molecule has 0 aromatic carbocycles. The topological polar surface area (TPSA) is 64.6 Å². The van der Waals surface area contributed by atoms with Crippen LogP contribution in [0.2, 0.25) is 0 Å². The van der Waals surface area contributed by atoms with E-state index in [1.54, 1.807) is 13.8 Å².